The summed E-state index contributed by atoms with van der Waals surface area (Å²) < 4.78 is 10.8. The maximum Gasteiger partial charge on any atom is 0.231 e. The monoisotopic (exact) mass is 248 g/mol. The Hall–Kier alpha value is -1.42. The Kier molecular flexibility index (Phi) is 3.04. The predicted octanol–water partition coefficient (Wildman–Crippen LogP) is 1.85. The lowest BCUT2D eigenvalue weighted by atomic mass is 9.93. The number of piperidine rings is 1. The number of nitrogens with one attached hydrogen (secondary N) is 1. The molecule has 2 atom stereocenters. The van der Waals surface area contributed by atoms with Crippen LogP contribution < -0.4 is 19.7 Å². The van der Waals surface area contributed by atoms with Crippen molar-refractivity contribution >= 4 is 5.69 Å². The lowest BCUT2D eigenvalue weighted by Gasteiger charge is -2.38. The van der Waals surface area contributed by atoms with Gasteiger partial charge in [0.05, 0.1) is 0 Å². The summed E-state index contributed by atoms with van der Waals surface area (Å²) in [5, 5.41) is 3.40. The van der Waals surface area contributed by atoms with E-state index in [0.717, 1.165) is 24.6 Å². The van der Waals surface area contributed by atoms with Crippen molar-refractivity contribution in [2.45, 2.75) is 19.4 Å². The summed E-state index contributed by atoms with van der Waals surface area (Å²) >= 11 is 0. The van der Waals surface area contributed by atoms with E-state index in [9.17, 15) is 0 Å². The van der Waals surface area contributed by atoms with Crippen molar-refractivity contribution in [3.8, 4) is 11.5 Å². The van der Waals surface area contributed by atoms with E-state index in [0.29, 0.717) is 18.8 Å². The van der Waals surface area contributed by atoms with E-state index < -0.39 is 0 Å². The molecule has 98 valence electrons. The highest BCUT2D eigenvalue weighted by molar-refractivity contribution is 5.57. The summed E-state index contributed by atoms with van der Waals surface area (Å²) in [6.45, 7) is 4.83. The third-order valence-corrected chi connectivity index (χ3v) is 4.00. The first-order chi connectivity index (χ1) is 8.78. The van der Waals surface area contributed by atoms with E-state index in [4.69, 9.17) is 9.47 Å². The molecule has 0 bridgehead atoms. The zero-order valence-corrected chi connectivity index (χ0v) is 11.0. The van der Waals surface area contributed by atoms with Crippen molar-refractivity contribution in [2.24, 2.45) is 5.92 Å². The summed E-state index contributed by atoms with van der Waals surface area (Å²) in [5.74, 6) is 2.39. The molecule has 0 saturated carbocycles. The zero-order valence-electron chi connectivity index (χ0n) is 11.0. The van der Waals surface area contributed by atoms with Crippen LogP contribution in [-0.4, -0.2) is 33.0 Å². The summed E-state index contributed by atoms with van der Waals surface area (Å²) in [6, 6.07) is 6.86. The van der Waals surface area contributed by atoms with Gasteiger partial charge >= 0.3 is 0 Å². The van der Waals surface area contributed by atoms with Crippen molar-refractivity contribution < 1.29 is 9.47 Å². The van der Waals surface area contributed by atoms with E-state index in [-0.39, 0.29) is 0 Å². The molecule has 2 aliphatic heterocycles. The lowest BCUT2D eigenvalue weighted by molar-refractivity contribution is 0.174. The molecule has 1 aromatic rings. The van der Waals surface area contributed by atoms with Crippen LogP contribution in [0.5, 0.6) is 11.5 Å². The van der Waals surface area contributed by atoms with Crippen molar-refractivity contribution in [3.05, 3.63) is 18.2 Å². The fraction of sp³-hybridized carbons (Fsp3) is 0.571. The Labute approximate surface area is 108 Å². The number of benzene rings is 1. The van der Waals surface area contributed by atoms with Crippen LogP contribution in [-0.2, 0) is 0 Å². The second-order valence-electron chi connectivity index (χ2n) is 5.14. The van der Waals surface area contributed by atoms with Gasteiger partial charge in [-0.05, 0) is 31.5 Å². The molecular formula is C14H20N2O2. The summed E-state index contributed by atoms with van der Waals surface area (Å²) in [7, 11) is 2.05. The normalized spacial score (nSPS) is 26.4. The molecule has 18 heavy (non-hydrogen) atoms. The van der Waals surface area contributed by atoms with Crippen LogP contribution in [0.25, 0.3) is 0 Å². The predicted molar refractivity (Wildman–Crippen MR) is 71.4 cm³/mol. The van der Waals surface area contributed by atoms with E-state index in [2.05, 4.69) is 36.3 Å². The highest BCUT2D eigenvalue weighted by Crippen LogP contribution is 2.36. The molecule has 4 heteroatoms. The number of nitrogens with zero attached hydrogens (tertiary/aromatic N) is 1. The minimum Gasteiger partial charge on any atom is -0.454 e. The second-order valence-corrected chi connectivity index (χ2v) is 5.14. The second kappa shape index (κ2) is 4.69. The Bertz CT molecular complexity index is 436. The standard InChI is InChI=1S/C14H20N2O2/c1-10-8-16(6-5-12(10)15-2)11-3-4-13-14(7-11)18-9-17-13/h3-4,7,10,12,15H,5-6,8-9H2,1-2H3. The molecular weight excluding hydrogens is 228 g/mol. The Morgan fingerprint density at radius 3 is 2.89 bits per heavy atom. The fourth-order valence-electron chi connectivity index (χ4n) is 2.89. The highest BCUT2D eigenvalue weighted by Gasteiger charge is 2.25. The van der Waals surface area contributed by atoms with Gasteiger partial charge in [-0.1, -0.05) is 6.92 Å². The molecule has 2 aliphatic rings. The minimum absolute atomic E-state index is 0.344. The number of hydrogen-bond acceptors (Lipinski definition) is 4. The number of rotatable bonds is 2. The summed E-state index contributed by atoms with van der Waals surface area (Å²) in [5.41, 5.74) is 1.24. The van der Waals surface area contributed by atoms with Gasteiger partial charge in [0.25, 0.3) is 0 Å². The van der Waals surface area contributed by atoms with Crippen LogP contribution in [0.2, 0.25) is 0 Å². The molecule has 1 fully saturated rings. The molecule has 0 aliphatic carbocycles. The molecule has 0 spiro atoms. The maximum absolute atomic E-state index is 5.44. The highest BCUT2D eigenvalue weighted by atomic mass is 16.7. The number of hydrogen-bond donors (Lipinski definition) is 1. The summed E-state index contributed by atoms with van der Waals surface area (Å²) in [4.78, 5) is 2.43. The summed E-state index contributed by atoms with van der Waals surface area (Å²) in [6.07, 6.45) is 1.19. The molecule has 1 aromatic carbocycles. The van der Waals surface area contributed by atoms with Crippen LogP contribution in [0.1, 0.15) is 13.3 Å². The quantitative estimate of drug-likeness (QED) is 0.866. The Morgan fingerprint density at radius 1 is 1.28 bits per heavy atom. The first-order valence-corrected chi connectivity index (χ1v) is 6.60. The van der Waals surface area contributed by atoms with Gasteiger partial charge in [0.1, 0.15) is 0 Å². The van der Waals surface area contributed by atoms with Crippen LogP contribution in [0.3, 0.4) is 0 Å². The average Bonchev–Trinajstić information content (AvgIpc) is 2.85. The lowest BCUT2D eigenvalue weighted by Crippen LogP contribution is -2.47. The molecule has 4 nitrogen and oxygen atoms in total. The number of ether oxygens (including phenoxy) is 2. The van der Waals surface area contributed by atoms with Gasteiger partial charge in [-0.25, -0.2) is 0 Å². The smallest absolute Gasteiger partial charge is 0.231 e. The van der Waals surface area contributed by atoms with Gasteiger partial charge < -0.3 is 19.7 Å². The topological polar surface area (TPSA) is 33.7 Å². The molecule has 1 saturated heterocycles. The third-order valence-electron chi connectivity index (χ3n) is 4.00. The van der Waals surface area contributed by atoms with E-state index in [1.165, 1.54) is 12.1 Å². The Balaban J connectivity index is 1.76. The van der Waals surface area contributed by atoms with Gasteiger partial charge in [0.15, 0.2) is 11.5 Å². The van der Waals surface area contributed by atoms with E-state index in [1.807, 2.05) is 6.07 Å². The van der Waals surface area contributed by atoms with Gasteiger partial charge in [0, 0.05) is 30.9 Å². The van der Waals surface area contributed by atoms with E-state index in [1.54, 1.807) is 0 Å². The number of anilines is 1. The molecule has 2 heterocycles. The average molecular weight is 248 g/mol. The molecule has 0 aromatic heterocycles. The molecule has 1 N–H and O–H groups in total. The van der Waals surface area contributed by atoms with Gasteiger partial charge in [-0.3, -0.25) is 0 Å². The maximum atomic E-state index is 5.44. The molecule has 2 unspecified atom stereocenters. The molecule has 0 radical (unpaired) electrons. The zero-order chi connectivity index (χ0) is 12.5. The van der Waals surface area contributed by atoms with Crippen LogP contribution in [0, 0.1) is 5.92 Å². The van der Waals surface area contributed by atoms with Crippen molar-refractivity contribution in [1.29, 1.82) is 0 Å². The Morgan fingerprint density at radius 2 is 2.11 bits per heavy atom. The van der Waals surface area contributed by atoms with Gasteiger partial charge in [-0.15, -0.1) is 0 Å². The van der Waals surface area contributed by atoms with Crippen LogP contribution in [0.4, 0.5) is 5.69 Å². The SMILES string of the molecule is CNC1CCN(c2ccc3c(c2)OCO3)CC1C. The third kappa shape index (κ3) is 2.01. The fourth-order valence-corrected chi connectivity index (χ4v) is 2.89. The largest absolute Gasteiger partial charge is 0.454 e. The van der Waals surface area contributed by atoms with Gasteiger partial charge in [0.2, 0.25) is 6.79 Å². The number of fused-ring (bicyclic) bond motifs is 1. The van der Waals surface area contributed by atoms with Crippen molar-refractivity contribution in [2.75, 3.05) is 31.8 Å². The van der Waals surface area contributed by atoms with Crippen molar-refractivity contribution in [1.82, 2.24) is 5.32 Å². The van der Waals surface area contributed by atoms with Crippen LogP contribution >= 0.6 is 0 Å². The first-order valence-electron chi connectivity index (χ1n) is 6.60. The van der Waals surface area contributed by atoms with Crippen LogP contribution in [0.15, 0.2) is 18.2 Å². The first kappa shape index (κ1) is 11.7. The molecule has 0 amide bonds. The van der Waals surface area contributed by atoms with E-state index >= 15 is 0 Å². The minimum atomic E-state index is 0.344. The van der Waals surface area contributed by atoms with Crippen molar-refractivity contribution in [3.63, 3.8) is 0 Å². The molecule has 3 rings (SSSR count). The van der Waals surface area contributed by atoms with Gasteiger partial charge in [-0.2, -0.15) is 0 Å².